The van der Waals surface area contributed by atoms with Gasteiger partial charge in [-0.05, 0) is 44.5 Å². The van der Waals surface area contributed by atoms with Gasteiger partial charge in [0.1, 0.15) is 23.4 Å². The van der Waals surface area contributed by atoms with Crippen LogP contribution in [0, 0.1) is 5.82 Å². The SMILES string of the molecule is CCOC(=O)C1CCCCN1CC(=O)N1N=C(c2ccccc2F)CC1c1ccc(OC)cc1OC. The van der Waals surface area contributed by atoms with Gasteiger partial charge in [0, 0.05) is 23.6 Å². The van der Waals surface area contributed by atoms with Gasteiger partial charge in [-0.25, -0.2) is 9.40 Å². The van der Waals surface area contributed by atoms with Crippen LogP contribution in [-0.2, 0) is 14.3 Å². The van der Waals surface area contributed by atoms with E-state index in [1.54, 1.807) is 51.5 Å². The monoisotopic (exact) mass is 497 g/mol. The Morgan fingerprint density at radius 3 is 2.64 bits per heavy atom. The van der Waals surface area contributed by atoms with Crippen molar-refractivity contribution >= 4 is 17.6 Å². The molecule has 0 radical (unpaired) electrons. The number of carbonyl (C=O) groups excluding carboxylic acids is 2. The van der Waals surface area contributed by atoms with Crippen LogP contribution in [0.3, 0.4) is 0 Å². The maximum absolute atomic E-state index is 14.6. The molecule has 9 heteroatoms. The highest BCUT2D eigenvalue weighted by atomic mass is 19.1. The summed E-state index contributed by atoms with van der Waals surface area (Å²) >= 11 is 0. The molecule has 192 valence electrons. The van der Waals surface area contributed by atoms with E-state index < -0.39 is 17.9 Å². The number of likely N-dealkylation sites (tertiary alicyclic amines) is 1. The van der Waals surface area contributed by atoms with Crippen LogP contribution in [0.5, 0.6) is 11.5 Å². The summed E-state index contributed by atoms with van der Waals surface area (Å²) in [4.78, 5) is 28.1. The van der Waals surface area contributed by atoms with Crippen molar-refractivity contribution in [1.82, 2.24) is 9.91 Å². The predicted octanol–water partition coefficient (Wildman–Crippen LogP) is 3.94. The van der Waals surface area contributed by atoms with Crippen LogP contribution in [0.2, 0.25) is 0 Å². The molecule has 2 atom stereocenters. The second-order valence-corrected chi connectivity index (χ2v) is 8.83. The van der Waals surface area contributed by atoms with Gasteiger partial charge in [-0.2, -0.15) is 5.10 Å². The van der Waals surface area contributed by atoms with Gasteiger partial charge in [0.25, 0.3) is 5.91 Å². The van der Waals surface area contributed by atoms with Crippen LogP contribution < -0.4 is 9.47 Å². The molecule has 2 aromatic carbocycles. The lowest BCUT2D eigenvalue weighted by molar-refractivity contribution is -0.152. The standard InChI is InChI=1S/C27H32FN3O5/c1-4-36-27(33)23-11-7-8-14-30(23)17-26(32)31-24(20-13-12-18(34-2)15-25(20)35-3)16-22(29-31)19-9-5-6-10-21(19)28/h5-6,9-10,12-13,15,23-24H,4,7-8,11,14,16-17H2,1-3H3. The van der Waals surface area contributed by atoms with Crippen LogP contribution >= 0.6 is 0 Å². The molecule has 0 saturated carbocycles. The van der Waals surface area contributed by atoms with Crippen LogP contribution in [0.15, 0.2) is 47.6 Å². The third-order valence-corrected chi connectivity index (χ3v) is 6.66. The normalized spacial score (nSPS) is 20.1. The van der Waals surface area contributed by atoms with E-state index in [1.165, 1.54) is 11.1 Å². The minimum absolute atomic E-state index is 0.00645. The summed E-state index contributed by atoms with van der Waals surface area (Å²) in [6, 6.07) is 10.8. The highest BCUT2D eigenvalue weighted by Crippen LogP contribution is 2.39. The number of methoxy groups -OCH3 is 2. The van der Waals surface area contributed by atoms with Gasteiger partial charge in [-0.1, -0.05) is 24.6 Å². The van der Waals surface area contributed by atoms with Crippen molar-refractivity contribution < 1.29 is 28.2 Å². The van der Waals surface area contributed by atoms with Crippen LogP contribution in [0.4, 0.5) is 4.39 Å². The molecular weight excluding hydrogens is 465 g/mol. The summed E-state index contributed by atoms with van der Waals surface area (Å²) in [5, 5.41) is 6.00. The summed E-state index contributed by atoms with van der Waals surface area (Å²) in [5.41, 5.74) is 1.57. The number of benzene rings is 2. The van der Waals surface area contributed by atoms with E-state index in [4.69, 9.17) is 14.2 Å². The first-order valence-corrected chi connectivity index (χ1v) is 12.2. The van der Waals surface area contributed by atoms with Crippen molar-refractivity contribution in [3.05, 3.63) is 59.4 Å². The average molecular weight is 498 g/mol. The zero-order valence-electron chi connectivity index (χ0n) is 20.9. The first kappa shape index (κ1) is 25.6. The number of amides is 1. The summed E-state index contributed by atoms with van der Waals surface area (Å²) in [7, 11) is 3.12. The Bertz CT molecular complexity index is 1140. The van der Waals surface area contributed by atoms with E-state index in [0.717, 1.165) is 18.4 Å². The summed E-state index contributed by atoms with van der Waals surface area (Å²) in [6.07, 6.45) is 2.75. The zero-order valence-corrected chi connectivity index (χ0v) is 20.9. The maximum atomic E-state index is 14.6. The largest absolute Gasteiger partial charge is 0.497 e. The number of hydrazone groups is 1. The number of esters is 1. The Labute approximate surface area is 210 Å². The molecule has 0 N–H and O–H groups in total. The fourth-order valence-electron chi connectivity index (χ4n) is 4.87. The third-order valence-electron chi connectivity index (χ3n) is 6.66. The maximum Gasteiger partial charge on any atom is 0.323 e. The van der Waals surface area contributed by atoms with Gasteiger partial charge in [0.15, 0.2) is 0 Å². The molecule has 0 aromatic heterocycles. The summed E-state index contributed by atoms with van der Waals surface area (Å²) < 4.78 is 30.8. The molecule has 2 aliphatic rings. The Morgan fingerprint density at radius 2 is 1.92 bits per heavy atom. The molecule has 0 bridgehead atoms. The number of rotatable bonds is 8. The lowest BCUT2D eigenvalue weighted by Crippen LogP contribution is -2.49. The molecule has 2 aromatic rings. The van der Waals surface area contributed by atoms with Crippen molar-refractivity contribution in [3.8, 4) is 11.5 Å². The number of hydrogen-bond donors (Lipinski definition) is 0. The van der Waals surface area contributed by atoms with E-state index in [0.29, 0.717) is 48.8 Å². The van der Waals surface area contributed by atoms with Gasteiger partial charge in [0.05, 0.1) is 39.1 Å². The van der Waals surface area contributed by atoms with Gasteiger partial charge in [-0.3, -0.25) is 14.5 Å². The fourth-order valence-corrected chi connectivity index (χ4v) is 4.87. The first-order chi connectivity index (χ1) is 17.5. The van der Waals surface area contributed by atoms with Crippen LogP contribution in [-0.4, -0.2) is 67.5 Å². The minimum atomic E-state index is -0.501. The highest BCUT2D eigenvalue weighted by molar-refractivity contribution is 6.03. The molecule has 2 unspecified atom stereocenters. The van der Waals surface area contributed by atoms with Crippen molar-refractivity contribution in [2.75, 3.05) is 33.9 Å². The van der Waals surface area contributed by atoms with E-state index in [2.05, 4.69) is 5.10 Å². The van der Waals surface area contributed by atoms with E-state index in [-0.39, 0.29) is 18.4 Å². The molecule has 0 aliphatic carbocycles. The molecule has 36 heavy (non-hydrogen) atoms. The minimum Gasteiger partial charge on any atom is -0.497 e. The molecular formula is C27H32FN3O5. The molecule has 0 spiro atoms. The van der Waals surface area contributed by atoms with Crippen molar-refractivity contribution in [2.45, 2.75) is 44.7 Å². The van der Waals surface area contributed by atoms with Crippen molar-refractivity contribution in [2.24, 2.45) is 5.10 Å². The van der Waals surface area contributed by atoms with Crippen LogP contribution in [0.1, 0.15) is 49.8 Å². The molecule has 4 rings (SSSR count). The van der Waals surface area contributed by atoms with Gasteiger partial charge < -0.3 is 14.2 Å². The Balaban J connectivity index is 1.66. The number of nitrogens with zero attached hydrogens (tertiary/aromatic N) is 3. The molecule has 1 fully saturated rings. The van der Waals surface area contributed by atoms with Crippen LogP contribution in [0.25, 0.3) is 0 Å². The van der Waals surface area contributed by atoms with Crippen molar-refractivity contribution in [3.63, 3.8) is 0 Å². The second-order valence-electron chi connectivity index (χ2n) is 8.83. The van der Waals surface area contributed by atoms with Crippen molar-refractivity contribution in [1.29, 1.82) is 0 Å². The molecule has 2 aliphatic heterocycles. The summed E-state index contributed by atoms with van der Waals surface area (Å²) in [6.45, 7) is 2.68. The second kappa shape index (κ2) is 11.5. The lowest BCUT2D eigenvalue weighted by atomic mass is 9.97. The molecule has 2 heterocycles. The molecule has 8 nitrogen and oxygen atoms in total. The number of hydrogen-bond acceptors (Lipinski definition) is 7. The van der Waals surface area contributed by atoms with E-state index in [1.807, 2.05) is 11.0 Å². The Hall–Kier alpha value is -3.46. The fraction of sp³-hybridized carbons (Fsp3) is 0.444. The molecule has 1 amide bonds. The topological polar surface area (TPSA) is 80.7 Å². The lowest BCUT2D eigenvalue weighted by Gasteiger charge is -2.34. The highest BCUT2D eigenvalue weighted by Gasteiger charge is 2.38. The van der Waals surface area contributed by atoms with E-state index in [9.17, 15) is 14.0 Å². The van der Waals surface area contributed by atoms with Gasteiger partial charge in [0.2, 0.25) is 0 Å². The number of ether oxygens (including phenoxy) is 3. The smallest absolute Gasteiger partial charge is 0.323 e. The Morgan fingerprint density at radius 1 is 1.11 bits per heavy atom. The van der Waals surface area contributed by atoms with Gasteiger partial charge in [-0.15, -0.1) is 0 Å². The molecule has 1 saturated heterocycles. The number of piperidine rings is 1. The zero-order chi connectivity index (χ0) is 25.7. The number of carbonyl (C=O) groups is 2. The quantitative estimate of drug-likeness (QED) is 0.514. The third kappa shape index (κ3) is 5.36. The Kier molecular flexibility index (Phi) is 8.20. The summed E-state index contributed by atoms with van der Waals surface area (Å²) in [5.74, 6) is 0.178. The average Bonchev–Trinajstić information content (AvgIpc) is 3.34. The number of halogens is 1. The van der Waals surface area contributed by atoms with Gasteiger partial charge >= 0.3 is 5.97 Å². The first-order valence-electron chi connectivity index (χ1n) is 12.2. The van der Waals surface area contributed by atoms with E-state index >= 15 is 0 Å². The predicted molar refractivity (Wildman–Crippen MR) is 133 cm³/mol.